The summed E-state index contributed by atoms with van der Waals surface area (Å²) in [5.41, 5.74) is 1.65. The van der Waals surface area contributed by atoms with Crippen molar-refractivity contribution in [3.63, 3.8) is 0 Å². The third kappa shape index (κ3) is 6.32. The number of aliphatic hydroxyl groups excluding tert-OH is 1. The largest absolute Gasteiger partial charge is 0.423 e. The number of benzene rings is 1. The van der Waals surface area contributed by atoms with Crippen molar-refractivity contribution in [3.05, 3.63) is 42.0 Å². The van der Waals surface area contributed by atoms with Crippen LogP contribution in [-0.4, -0.2) is 17.7 Å². The lowest BCUT2D eigenvalue weighted by Crippen LogP contribution is -2.14. The van der Waals surface area contributed by atoms with Gasteiger partial charge in [-0.05, 0) is 55.2 Å². The van der Waals surface area contributed by atoms with Gasteiger partial charge in [0.1, 0.15) is 5.75 Å². The molecule has 0 amide bonds. The first kappa shape index (κ1) is 19.7. The van der Waals surface area contributed by atoms with Crippen molar-refractivity contribution in [2.75, 3.05) is 6.61 Å². The standard InChI is InChI=1S/C22H32O3/c1-3-4-5-6-18-7-9-19(10-8-18)20-11-13-21(14-12-20)25-22(24)17(2)15-16-23/h11-14,18-19,23H,2-10,15-16H2,1H3. The molecule has 1 saturated carbocycles. The quantitative estimate of drug-likeness (QED) is 0.283. The molecule has 3 nitrogen and oxygen atoms in total. The van der Waals surface area contributed by atoms with Crippen LogP contribution < -0.4 is 4.74 Å². The number of carbonyl (C=O) groups is 1. The fourth-order valence-electron chi connectivity index (χ4n) is 3.69. The zero-order valence-corrected chi connectivity index (χ0v) is 15.5. The van der Waals surface area contributed by atoms with Crippen LogP contribution in [0, 0.1) is 5.92 Å². The maximum Gasteiger partial charge on any atom is 0.338 e. The summed E-state index contributed by atoms with van der Waals surface area (Å²) < 4.78 is 5.29. The number of esters is 1. The molecule has 3 heteroatoms. The number of carbonyl (C=O) groups excluding carboxylic acids is 1. The summed E-state index contributed by atoms with van der Waals surface area (Å²) in [5.74, 6) is 1.63. The van der Waals surface area contributed by atoms with E-state index in [2.05, 4.69) is 25.6 Å². The van der Waals surface area contributed by atoms with Crippen LogP contribution in [0.5, 0.6) is 5.75 Å². The van der Waals surface area contributed by atoms with Crippen LogP contribution in [-0.2, 0) is 4.79 Å². The molecule has 0 aromatic heterocycles. The lowest BCUT2D eigenvalue weighted by atomic mass is 9.77. The van der Waals surface area contributed by atoms with Gasteiger partial charge in [0.05, 0.1) is 0 Å². The molecule has 0 bridgehead atoms. The molecule has 1 N–H and O–H groups in total. The van der Waals surface area contributed by atoms with Crippen LogP contribution in [0.15, 0.2) is 36.4 Å². The first-order valence-corrected chi connectivity index (χ1v) is 9.74. The van der Waals surface area contributed by atoms with Gasteiger partial charge in [-0.25, -0.2) is 4.79 Å². The van der Waals surface area contributed by atoms with Gasteiger partial charge in [0.15, 0.2) is 0 Å². The summed E-state index contributed by atoms with van der Waals surface area (Å²) in [4.78, 5) is 11.8. The lowest BCUT2D eigenvalue weighted by molar-refractivity contribution is -0.130. The Bertz CT molecular complexity index is 539. The van der Waals surface area contributed by atoms with Gasteiger partial charge in [-0.15, -0.1) is 0 Å². The number of hydrogen-bond donors (Lipinski definition) is 1. The molecule has 1 fully saturated rings. The lowest BCUT2D eigenvalue weighted by Gasteiger charge is -2.29. The summed E-state index contributed by atoms with van der Waals surface area (Å²) in [6.07, 6.45) is 10.9. The molecule has 2 rings (SSSR count). The van der Waals surface area contributed by atoms with E-state index >= 15 is 0 Å². The maximum atomic E-state index is 11.8. The molecule has 1 aromatic carbocycles. The summed E-state index contributed by atoms with van der Waals surface area (Å²) >= 11 is 0. The van der Waals surface area contributed by atoms with E-state index in [1.807, 2.05) is 12.1 Å². The van der Waals surface area contributed by atoms with Gasteiger partial charge in [0.25, 0.3) is 0 Å². The minimum Gasteiger partial charge on any atom is -0.423 e. The molecular weight excluding hydrogens is 312 g/mol. The average Bonchev–Trinajstić information content (AvgIpc) is 2.63. The van der Waals surface area contributed by atoms with E-state index in [0.717, 1.165) is 5.92 Å². The van der Waals surface area contributed by atoms with Gasteiger partial charge in [0, 0.05) is 18.6 Å². The van der Waals surface area contributed by atoms with Crippen LogP contribution >= 0.6 is 0 Å². The van der Waals surface area contributed by atoms with Crippen molar-refractivity contribution in [2.45, 2.75) is 70.6 Å². The SMILES string of the molecule is C=C(CCO)C(=O)Oc1ccc(C2CCC(CCCCC)CC2)cc1. The van der Waals surface area contributed by atoms with Gasteiger partial charge in [-0.1, -0.05) is 51.3 Å². The molecule has 0 heterocycles. The summed E-state index contributed by atoms with van der Waals surface area (Å²) in [5, 5.41) is 8.84. The number of unbranched alkanes of at least 4 members (excludes halogenated alkanes) is 2. The van der Waals surface area contributed by atoms with E-state index < -0.39 is 5.97 Å². The topological polar surface area (TPSA) is 46.5 Å². The van der Waals surface area contributed by atoms with Crippen molar-refractivity contribution in [3.8, 4) is 5.75 Å². The minimum atomic E-state index is -0.464. The Kier molecular flexibility index (Phi) is 8.20. The van der Waals surface area contributed by atoms with E-state index in [0.29, 0.717) is 17.2 Å². The number of ether oxygens (including phenoxy) is 1. The minimum absolute atomic E-state index is 0.0893. The van der Waals surface area contributed by atoms with E-state index in [-0.39, 0.29) is 13.0 Å². The second-order valence-electron chi connectivity index (χ2n) is 7.25. The fraction of sp³-hybridized carbons (Fsp3) is 0.591. The highest BCUT2D eigenvalue weighted by molar-refractivity contribution is 5.89. The van der Waals surface area contributed by atoms with Crippen molar-refractivity contribution in [1.82, 2.24) is 0 Å². The maximum absolute atomic E-state index is 11.8. The first-order valence-electron chi connectivity index (χ1n) is 9.74. The number of hydrogen-bond acceptors (Lipinski definition) is 3. The molecule has 0 unspecified atom stereocenters. The van der Waals surface area contributed by atoms with Gasteiger partial charge in [-0.3, -0.25) is 0 Å². The molecule has 1 aromatic rings. The highest BCUT2D eigenvalue weighted by Crippen LogP contribution is 2.38. The Morgan fingerprint density at radius 3 is 2.44 bits per heavy atom. The Morgan fingerprint density at radius 1 is 1.16 bits per heavy atom. The molecule has 0 atom stereocenters. The molecule has 25 heavy (non-hydrogen) atoms. The van der Waals surface area contributed by atoms with Crippen LogP contribution in [0.25, 0.3) is 0 Å². The smallest absolute Gasteiger partial charge is 0.338 e. The van der Waals surface area contributed by atoms with Gasteiger partial charge in [-0.2, -0.15) is 0 Å². The molecule has 1 aliphatic carbocycles. The zero-order chi connectivity index (χ0) is 18.1. The first-order chi connectivity index (χ1) is 12.1. The van der Waals surface area contributed by atoms with Gasteiger partial charge < -0.3 is 9.84 Å². The second kappa shape index (κ2) is 10.4. The summed E-state index contributed by atoms with van der Waals surface area (Å²) in [7, 11) is 0. The Hall–Kier alpha value is -1.61. The van der Waals surface area contributed by atoms with E-state index in [1.54, 1.807) is 0 Å². The predicted octanol–water partition coefficient (Wildman–Crippen LogP) is 5.38. The van der Waals surface area contributed by atoms with Gasteiger partial charge >= 0.3 is 5.97 Å². The summed E-state index contributed by atoms with van der Waals surface area (Å²) in [6.45, 7) is 5.81. The third-order valence-corrected chi connectivity index (χ3v) is 5.33. The fourth-order valence-corrected chi connectivity index (χ4v) is 3.69. The number of aliphatic hydroxyl groups is 1. The van der Waals surface area contributed by atoms with Crippen LogP contribution in [0.1, 0.15) is 76.2 Å². The van der Waals surface area contributed by atoms with Crippen molar-refractivity contribution < 1.29 is 14.6 Å². The number of rotatable bonds is 9. The zero-order valence-electron chi connectivity index (χ0n) is 15.5. The second-order valence-corrected chi connectivity index (χ2v) is 7.25. The monoisotopic (exact) mass is 344 g/mol. The average molecular weight is 344 g/mol. The third-order valence-electron chi connectivity index (χ3n) is 5.33. The van der Waals surface area contributed by atoms with E-state index in [1.165, 1.54) is 56.9 Å². The van der Waals surface area contributed by atoms with Crippen molar-refractivity contribution in [2.24, 2.45) is 5.92 Å². The van der Waals surface area contributed by atoms with Crippen LogP contribution in [0.2, 0.25) is 0 Å². The molecule has 0 aliphatic heterocycles. The van der Waals surface area contributed by atoms with Crippen LogP contribution in [0.3, 0.4) is 0 Å². The molecule has 0 saturated heterocycles. The summed E-state index contributed by atoms with van der Waals surface area (Å²) in [6, 6.07) is 7.90. The Morgan fingerprint density at radius 2 is 1.84 bits per heavy atom. The molecule has 0 radical (unpaired) electrons. The highest BCUT2D eigenvalue weighted by atomic mass is 16.5. The van der Waals surface area contributed by atoms with E-state index in [9.17, 15) is 4.79 Å². The highest BCUT2D eigenvalue weighted by Gasteiger charge is 2.22. The Balaban J connectivity index is 1.80. The normalized spacial score (nSPS) is 20.2. The molecular formula is C22H32O3. The van der Waals surface area contributed by atoms with E-state index in [4.69, 9.17) is 9.84 Å². The Labute approximate surface area is 152 Å². The molecule has 0 spiro atoms. The predicted molar refractivity (Wildman–Crippen MR) is 102 cm³/mol. The van der Waals surface area contributed by atoms with Gasteiger partial charge in [0.2, 0.25) is 0 Å². The van der Waals surface area contributed by atoms with Crippen molar-refractivity contribution in [1.29, 1.82) is 0 Å². The molecule has 138 valence electrons. The molecule has 1 aliphatic rings. The van der Waals surface area contributed by atoms with Crippen LogP contribution in [0.4, 0.5) is 0 Å². The van der Waals surface area contributed by atoms with Crippen molar-refractivity contribution >= 4 is 5.97 Å².